The molecule has 1 saturated heterocycles. The number of hydrogen-bond donors (Lipinski definition) is 0. The first-order chi connectivity index (χ1) is 5.09. The predicted octanol–water partition coefficient (Wildman–Crippen LogP) is 2.85. The molecule has 0 aromatic carbocycles. The smallest absolute Gasteiger partial charge is 0.0553 e. The van der Waals surface area contributed by atoms with Gasteiger partial charge in [0.15, 0.2) is 0 Å². The summed E-state index contributed by atoms with van der Waals surface area (Å²) in [5, 5.41) is 0. The van der Waals surface area contributed by atoms with Crippen LogP contribution in [0.4, 0.5) is 0 Å². The normalized spacial score (nSPS) is 39.5. The van der Waals surface area contributed by atoms with E-state index in [0.29, 0.717) is 12.2 Å². The highest BCUT2D eigenvalue weighted by Gasteiger charge is 2.25. The van der Waals surface area contributed by atoms with Gasteiger partial charge in [0, 0.05) is 0 Å². The van der Waals surface area contributed by atoms with E-state index in [4.69, 9.17) is 4.74 Å². The SMILES string of the molecule is CC(C)C1C[C@@H](C)O[C@@H](C)C1. The Morgan fingerprint density at radius 2 is 1.55 bits per heavy atom. The molecule has 1 aliphatic rings. The Hall–Kier alpha value is -0.0400. The second-order valence-electron chi connectivity index (χ2n) is 4.23. The van der Waals surface area contributed by atoms with Gasteiger partial charge in [0.2, 0.25) is 0 Å². The van der Waals surface area contributed by atoms with Gasteiger partial charge < -0.3 is 4.74 Å². The first kappa shape index (κ1) is 9.05. The monoisotopic (exact) mass is 156 g/mol. The highest BCUT2D eigenvalue weighted by Crippen LogP contribution is 2.29. The molecule has 0 bridgehead atoms. The van der Waals surface area contributed by atoms with Crippen molar-refractivity contribution in [1.29, 1.82) is 0 Å². The summed E-state index contributed by atoms with van der Waals surface area (Å²) in [7, 11) is 0. The number of rotatable bonds is 1. The summed E-state index contributed by atoms with van der Waals surface area (Å²) >= 11 is 0. The first-order valence-electron chi connectivity index (χ1n) is 4.75. The third-order valence-electron chi connectivity index (χ3n) is 2.68. The van der Waals surface area contributed by atoms with Crippen LogP contribution in [0.2, 0.25) is 0 Å². The molecule has 0 N–H and O–H groups in total. The number of hydrogen-bond acceptors (Lipinski definition) is 1. The zero-order chi connectivity index (χ0) is 8.43. The fourth-order valence-electron chi connectivity index (χ4n) is 2.00. The van der Waals surface area contributed by atoms with Crippen LogP contribution >= 0.6 is 0 Å². The summed E-state index contributed by atoms with van der Waals surface area (Å²) in [5.74, 6) is 1.71. The van der Waals surface area contributed by atoms with Crippen LogP contribution in [0.3, 0.4) is 0 Å². The highest BCUT2D eigenvalue weighted by molar-refractivity contribution is 4.75. The lowest BCUT2D eigenvalue weighted by atomic mass is 9.84. The Morgan fingerprint density at radius 3 is 1.91 bits per heavy atom. The fraction of sp³-hybridized carbons (Fsp3) is 1.00. The topological polar surface area (TPSA) is 9.23 Å². The van der Waals surface area contributed by atoms with Gasteiger partial charge in [0.05, 0.1) is 12.2 Å². The molecule has 1 rings (SSSR count). The first-order valence-corrected chi connectivity index (χ1v) is 4.75. The molecule has 0 aromatic heterocycles. The maximum Gasteiger partial charge on any atom is 0.0553 e. The quantitative estimate of drug-likeness (QED) is 0.567. The summed E-state index contributed by atoms with van der Waals surface area (Å²) in [5.41, 5.74) is 0. The number of ether oxygens (including phenoxy) is 1. The van der Waals surface area contributed by atoms with Crippen LogP contribution in [0.1, 0.15) is 40.5 Å². The molecule has 1 fully saturated rings. The molecule has 1 heterocycles. The zero-order valence-corrected chi connectivity index (χ0v) is 8.13. The predicted molar refractivity (Wildman–Crippen MR) is 47.6 cm³/mol. The molecule has 1 nitrogen and oxygen atoms in total. The van der Waals surface area contributed by atoms with Gasteiger partial charge in [-0.1, -0.05) is 13.8 Å². The second kappa shape index (κ2) is 3.57. The molecule has 0 spiro atoms. The summed E-state index contributed by atoms with van der Waals surface area (Å²) in [6, 6.07) is 0. The van der Waals surface area contributed by atoms with Gasteiger partial charge in [-0.3, -0.25) is 0 Å². The lowest BCUT2D eigenvalue weighted by Gasteiger charge is -2.34. The van der Waals surface area contributed by atoms with Crippen molar-refractivity contribution in [2.24, 2.45) is 11.8 Å². The van der Waals surface area contributed by atoms with Crippen LogP contribution in [0.15, 0.2) is 0 Å². The van der Waals surface area contributed by atoms with E-state index in [0.717, 1.165) is 11.8 Å². The molecule has 1 unspecified atom stereocenters. The third-order valence-corrected chi connectivity index (χ3v) is 2.68. The molecule has 1 aliphatic heterocycles. The third kappa shape index (κ3) is 2.48. The molecule has 0 amide bonds. The van der Waals surface area contributed by atoms with Crippen molar-refractivity contribution in [2.45, 2.75) is 52.7 Å². The Kier molecular flexibility index (Phi) is 2.94. The van der Waals surface area contributed by atoms with Crippen LogP contribution in [-0.2, 0) is 4.74 Å². The zero-order valence-electron chi connectivity index (χ0n) is 8.13. The standard InChI is InChI=1S/C10H20O/c1-7(2)10-5-8(3)11-9(4)6-10/h7-10H,5-6H2,1-4H3/t8-,9+,10?. The van der Waals surface area contributed by atoms with Crippen LogP contribution < -0.4 is 0 Å². The second-order valence-corrected chi connectivity index (χ2v) is 4.23. The van der Waals surface area contributed by atoms with Crippen LogP contribution in [-0.4, -0.2) is 12.2 Å². The summed E-state index contributed by atoms with van der Waals surface area (Å²) in [6.07, 6.45) is 3.46. The van der Waals surface area contributed by atoms with Gasteiger partial charge in [-0.25, -0.2) is 0 Å². The van der Waals surface area contributed by atoms with Gasteiger partial charge in [0.25, 0.3) is 0 Å². The molecule has 11 heavy (non-hydrogen) atoms. The maximum absolute atomic E-state index is 5.67. The maximum atomic E-state index is 5.67. The fourth-order valence-corrected chi connectivity index (χ4v) is 2.00. The van der Waals surface area contributed by atoms with Crippen LogP contribution in [0.5, 0.6) is 0 Å². The molecule has 3 atom stereocenters. The molecule has 0 aliphatic carbocycles. The lowest BCUT2D eigenvalue weighted by Crippen LogP contribution is -2.31. The van der Waals surface area contributed by atoms with Crippen molar-refractivity contribution >= 4 is 0 Å². The van der Waals surface area contributed by atoms with Gasteiger partial charge in [0.1, 0.15) is 0 Å². The average Bonchev–Trinajstić information content (AvgIpc) is 1.85. The lowest BCUT2D eigenvalue weighted by molar-refractivity contribution is -0.0605. The Balaban J connectivity index is 2.43. The van der Waals surface area contributed by atoms with E-state index in [9.17, 15) is 0 Å². The Labute approximate surface area is 70.1 Å². The molecular formula is C10H20O. The Morgan fingerprint density at radius 1 is 1.09 bits per heavy atom. The van der Waals surface area contributed by atoms with Gasteiger partial charge in [-0.2, -0.15) is 0 Å². The van der Waals surface area contributed by atoms with E-state index in [1.807, 2.05) is 0 Å². The molecule has 0 aromatic rings. The van der Waals surface area contributed by atoms with Gasteiger partial charge in [-0.05, 0) is 38.5 Å². The summed E-state index contributed by atoms with van der Waals surface area (Å²) < 4.78 is 5.67. The molecule has 0 radical (unpaired) electrons. The van der Waals surface area contributed by atoms with E-state index in [2.05, 4.69) is 27.7 Å². The van der Waals surface area contributed by atoms with Crippen molar-refractivity contribution in [3.63, 3.8) is 0 Å². The summed E-state index contributed by atoms with van der Waals surface area (Å²) in [6.45, 7) is 9.00. The van der Waals surface area contributed by atoms with Crippen molar-refractivity contribution in [3.05, 3.63) is 0 Å². The minimum Gasteiger partial charge on any atom is -0.376 e. The molecular weight excluding hydrogens is 136 g/mol. The van der Waals surface area contributed by atoms with Crippen LogP contribution in [0, 0.1) is 11.8 Å². The van der Waals surface area contributed by atoms with E-state index in [1.165, 1.54) is 12.8 Å². The van der Waals surface area contributed by atoms with E-state index in [-0.39, 0.29) is 0 Å². The summed E-state index contributed by atoms with van der Waals surface area (Å²) in [4.78, 5) is 0. The largest absolute Gasteiger partial charge is 0.376 e. The van der Waals surface area contributed by atoms with Gasteiger partial charge in [-0.15, -0.1) is 0 Å². The van der Waals surface area contributed by atoms with Crippen LogP contribution in [0.25, 0.3) is 0 Å². The minimum absolute atomic E-state index is 0.478. The van der Waals surface area contributed by atoms with E-state index in [1.54, 1.807) is 0 Å². The van der Waals surface area contributed by atoms with Gasteiger partial charge >= 0.3 is 0 Å². The van der Waals surface area contributed by atoms with Crippen molar-refractivity contribution in [3.8, 4) is 0 Å². The van der Waals surface area contributed by atoms with E-state index < -0.39 is 0 Å². The minimum atomic E-state index is 0.478. The van der Waals surface area contributed by atoms with Crippen molar-refractivity contribution in [1.82, 2.24) is 0 Å². The van der Waals surface area contributed by atoms with Crippen molar-refractivity contribution < 1.29 is 4.74 Å². The average molecular weight is 156 g/mol. The highest BCUT2D eigenvalue weighted by atomic mass is 16.5. The van der Waals surface area contributed by atoms with Crippen molar-refractivity contribution in [2.75, 3.05) is 0 Å². The molecule has 0 saturated carbocycles. The van der Waals surface area contributed by atoms with E-state index >= 15 is 0 Å². The Bertz CT molecular complexity index is 110. The molecule has 66 valence electrons. The molecule has 1 heteroatoms.